The van der Waals surface area contributed by atoms with Gasteiger partial charge in [-0.25, -0.2) is 0 Å². The number of benzene rings is 3. The highest BCUT2D eigenvalue weighted by Crippen LogP contribution is 2.31. The second-order valence-corrected chi connectivity index (χ2v) is 7.88. The minimum Gasteiger partial charge on any atom is -0.349 e. The number of amides is 1. The molecule has 0 unspecified atom stereocenters. The second kappa shape index (κ2) is 6.37. The van der Waals surface area contributed by atoms with Crippen LogP contribution in [0.3, 0.4) is 0 Å². The van der Waals surface area contributed by atoms with Crippen molar-refractivity contribution in [1.29, 1.82) is 0 Å². The number of pyridine rings is 1. The van der Waals surface area contributed by atoms with Crippen LogP contribution in [-0.2, 0) is 0 Å². The van der Waals surface area contributed by atoms with Gasteiger partial charge in [0, 0.05) is 39.7 Å². The molecule has 31 heavy (non-hydrogen) atoms. The van der Waals surface area contributed by atoms with Crippen LogP contribution in [0.15, 0.2) is 79.0 Å². The molecule has 2 N–H and O–H groups in total. The third-order valence-corrected chi connectivity index (χ3v) is 5.87. The van der Waals surface area contributed by atoms with Crippen LogP contribution in [-0.4, -0.2) is 16.7 Å². The van der Waals surface area contributed by atoms with E-state index in [4.69, 9.17) is 0 Å². The van der Waals surface area contributed by atoms with Crippen molar-refractivity contribution < 1.29 is 14.2 Å². The Kier molecular flexibility index (Phi) is 3.62. The summed E-state index contributed by atoms with van der Waals surface area (Å²) in [4.78, 5) is 29.3. The van der Waals surface area contributed by atoms with E-state index in [9.17, 15) is 9.59 Å². The number of hydrogen-bond donors (Lipinski definition) is 2. The van der Waals surface area contributed by atoms with Crippen LogP contribution in [0.5, 0.6) is 0 Å². The van der Waals surface area contributed by atoms with Gasteiger partial charge >= 0.3 is 0 Å². The largest absolute Gasteiger partial charge is 0.349 e. The summed E-state index contributed by atoms with van der Waals surface area (Å²) in [6.07, 6.45) is 1.92. The average Bonchev–Trinajstić information content (AvgIpc) is 3.29. The van der Waals surface area contributed by atoms with Crippen LogP contribution < -0.4 is 9.88 Å². The number of aromatic nitrogens is 2. The van der Waals surface area contributed by atoms with Gasteiger partial charge < -0.3 is 10.3 Å². The lowest BCUT2D eigenvalue weighted by Gasteiger charge is -2.06. The number of H-pyrrole nitrogens is 1. The Bertz CT molecular complexity index is 1560. The fourth-order valence-corrected chi connectivity index (χ4v) is 4.41. The van der Waals surface area contributed by atoms with Crippen molar-refractivity contribution in [2.24, 2.45) is 0 Å². The number of fused-ring (bicyclic) bond motifs is 7. The predicted molar refractivity (Wildman–Crippen MR) is 120 cm³/mol. The Morgan fingerprint density at radius 1 is 0.935 bits per heavy atom. The molecule has 0 atom stereocenters. The smallest absolute Gasteiger partial charge is 0.284 e. The second-order valence-electron chi connectivity index (χ2n) is 7.88. The van der Waals surface area contributed by atoms with Crippen LogP contribution in [0.1, 0.15) is 32.0 Å². The van der Waals surface area contributed by atoms with Gasteiger partial charge in [0.2, 0.25) is 5.69 Å². The molecule has 3 aromatic carbocycles. The molecular weight excluding hydrogens is 386 g/mol. The molecule has 0 saturated carbocycles. The van der Waals surface area contributed by atoms with Crippen LogP contribution in [0, 0.1) is 6.92 Å². The number of hydrogen-bond acceptors (Lipinski definition) is 2. The molecule has 0 saturated heterocycles. The van der Waals surface area contributed by atoms with Gasteiger partial charge in [-0.15, -0.1) is 0 Å². The van der Waals surface area contributed by atoms with Crippen molar-refractivity contribution in [2.45, 2.75) is 6.92 Å². The predicted octanol–water partition coefficient (Wildman–Crippen LogP) is 4.70. The van der Waals surface area contributed by atoms with Crippen molar-refractivity contribution >= 4 is 39.2 Å². The van der Waals surface area contributed by atoms with Crippen LogP contribution in [0.2, 0.25) is 0 Å². The Labute approximate surface area is 178 Å². The number of nitrogens with one attached hydrogen (secondary N) is 2. The molecule has 1 amide bonds. The van der Waals surface area contributed by atoms with Crippen molar-refractivity contribution in [2.75, 3.05) is 5.32 Å². The third kappa shape index (κ3) is 2.60. The van der Waals surface area contributed by atoms with Gasteiger partial charge in [-0.2, -0.15) is 4.57 Å². The van der Waals surface area contributed by atoms with E-state index in [-0.39, 0.29) is 11.7 Å². The summed E-state index contributed by atoms with van der Waals surface area (Å²) in [5, 5.41) is 4.80. The summed E-state index contributed by atoms with van der Waals surface area (Å²) in [6.45, 7) is 1.99. The molecule has 2 aromatic heterocycles. The molecular formula is C26H18N3O2+. The SMILES string of the molecule is Cc1cccc(NC(=O)c2ccc3[nH]c4c5[n+](ccc4c3c2)-c2ccccc2C5=O)c1. The number of para-hydroxylation sites is 1. The summed E-state index contributed by atoms with van der Waals surface area (Å²) in [7, 11) is 0. The number of rotatable bonds is 2. The zero-order valence-electron chi connectivity index (χ0n) is 16.8. The van der Waals surface area contributed by atoms with E-state index in [2.05, 4.69) is 10.3 Å². The minimum absolute atomic E-state index is 0.00479. The number of nitrogens with zero attached hydrogens (tertiary/aromatic N) is 1. The zero-order chi connectivity index (χ0) is 21.1. The summed E-state index contributed by atoms with van der Waals surface area (Å²) in [5.41, 5.74) is 6.31. The maximum absolute atomic E-state index is 13.1. The number of ketones is 1. The van der Waals surface area contributed by atoms with E-state index in [0.29, 0.717) is 16.8 Å². The standard InChI is InChI=1S/C26H17N3O2/c1-15-5-4-6-17(13-15)27-26(31)16-9-10-21-20(14-16)18-11-12-29-22-8-3-2-7-19(22)25(30)24(29)23(18)28-21/h2-14H,1H3,(H,27,31)/p+1. The molecule has 1 aliphatic heterocycles. The van der Waals surface area contributed by atoms with Gasteiger partial charge in [0.25, 0.3) is 17.4 Å². The van der Waals surface area contributed by atoms with Gasteiger partial charge in [-0.1, -0.05) is 24.3 Å². The number of aromatic amines is 1. The van der Waals surface area contributed by atoms with Crippen LogP contribution >= 0.6 is 0 Å². The Morgan fingerprint density at radius 3 is 2.68 bits per heavy atom. The fourth-order valence-electron chi connectivity index (χ4n) is 4.41. The minimum atomic E-state index is -0.166. The number of carbonyl (C=O) groups excluding carboxylic acids is 2. The van der Waals surface area contributed by atoms with Gasteiger partial charge in [-0.3, -0.25) is 9.59 Å². The molecule has 5 nitrogen and oxygen atoms in total. The number of aryl methyl sites for hydroxylation is 1. The van der Waals surface area contributed by atoms with Gasteiger partial charge in [-0.05, 0) is 48.9 Å². The Balaban J connectivity index is 1.47. The summed E-state index contributed by atoms with van der Waals surface area (Å²) >= 11 is 0. The van der Waals surface area contributed by atoms with Crippen molar-refractivity contribution in [3.63, 3.8) is 0 Å². The quantitative estimate of drug-likeness (QED) is 0.411. The molecule has 6 rings (SSSR count). The van der Waals surface area contributed by atoms with Crippen molar-refractivity contribution in [1.82, 2.24) is 4.98 Å². The molecule has 5 heteroatoms. The molecule has 0 fully saturated rings. The van der Waals surface area contributed by atoms with Crippen LogP contribution in [0.25, 0.3) is 27.5 Å². The third-order valence-electron chi connectivity index (χ3n) is 5.87. The fraction of sp³-hybridized carbons (Fsp3) is 0.0385. The molecule has 0 aliphatic carbocycles. The van der Waals surface area contributed by atoms with Gasteiger partial charge in [0.05, 0.1) is 0 Å². The molecule has 148 valence electrons. The van der Waals surface area contributed by atoms with E-state index in [1.807, 2.05) is 84.4 Å². The lowest BCUT2D eigenvalue weighted by Crippen LogP contribution is -2.31. The van der Waals surface area contributed by atoms with E-state index in [0.717, 1.165) is 38.7 Å². The first kappa shape index (κ1) is 17.6. The van der Waals surface area contributed by atoms with Crippen LogP contribution in [0.4, 0.5) is 5.69 Å². The van der Waals surface area contributed by atoms with Crippen molar-refractivity contribution in [3.8, 4) is 5.69 Å². The maximum atomic E-state index is 13.1. The average molecular weight is 404 g/mol. The molecule has 1 aliphatic rings. The molecule has 0 bridgehead atoms. The molecule has 5 aromatic rings. The Hall–Kier alpha value is -4.25. The molecule has 0 spiro atoms. The normalized spacial score (nSPS) is 12.2. The first-order chi connectivity index (χ1) is 15.1. The monoisotopic (exact) mass is 404 g/mol. The van der Waals surface area contributed by atoms with E-state index in [1.54, 1.807) is 6.07 Å². The van der Waals surface area contributed by atoms with Crippen molar-refractivity contribution in [3.05, 3.63) is 101 Å². The summed E-state index contributed by atoms with van der Waals surface area (Å²) < 4.78 is 1.93. The number of anilines is 1. The van der Waals surface area contributed by atoms with Gasteiger partial charge in [0.15, 0.2) is 6.20 Å². The lowest BCUT2D eigenvalue weighted by molar-refractivity contribution is -0.592. The topological polar surface area (TPSA) is 65.8 Å². The molecule has 0 radical (unpaired) electrons. The highest BCUT2D eigenvalue weighted by molar-refractivity contribution is 6.21. The first-order valence-corrected chi connectivity index (χ1v) is 10.1. The maximum Gasteiger partial charge on any atom is 0.284 e. The molecule has 3 heterocycles. The van der Waals surface area contributed by atoms with Gasteiger partial charge in [0.1, 0.15) is 11.1 Å². The number of carbonyl (C=O) groups is 2. The highest BCUT2D eigenvalue weighted by atomic mass is 16.1. The Morgan fingerprint density at radius 2 is 1.81 bits per heavy atom. The summed E-state index contributed by atoms with van der Waals surface area (Å²) in [6, 6.07) is 22.9. The summed E-state index contributed by atoms with van der Waals surface area (Å²) in [5.74, 6) is -0.161. The first-order valence-electron chi connectivity index (χ1n) is 10.1. The zero-order valence-corrected chi connectivity index (χ0v) is 16.8. The highest BCUT2D eigenvalue weighted by Gasteiger charge is 2.38. The van der Waals surface area contributed by atoms with E-state index in [1.165, 1.54) is 0 Å². The lowest BCUT2D eigenvalue weighted by atomic mass is 10.1. The van der Waals surface area contributed by atoms with E-state index < -0.39 is 0 Å². The van der Waals surface area contributed by atoms with E-state index >= 15 is 0 Å².